The lowest BCUT2D eigenvalue weighted by molar-refractivity contribution is 0.766. The Morgan fingerprint density at radius 3 is 3.09 bits per heavy atom. The van der Waals surface area contributed by atoms with Crippen LogP contribution in [0.1, 0.15) is 0 Å². The molecule has 6 heteroatoms. The number of hydrogen-bond donors (Lipinski definition) is 0. The molecule has 6 nitrogen and oxygen atoms in total. The molecule has 0 amide bonds. The predicted molar refractivity (Wildman–Crippen MR) is 33.6 cm³/mol. The average Bonchev–Trinajstić information content (AvgIpc) is 2.58. The maximum absolute atomic E-state index is 3.92. The molecule has 0 saturated carbocycles. The average molecular weight is 147 g/mol. The number of hydrogen-bond acceptors (Lipinski definition) is 5. The van der Waals surface area contributed by atoms with Crippen molar-refractivity contribution in [1.82, 2.24) is 30.2 Å². The Morgan fingerprint density at radius 2 is 2.45 bits per heavy atom. The molecule has 0 atom stereocenters. The first-order valence-corrected chi connectivity index (χ1v) is 2.88. The number of aromatic nitrogens is 6. The van der Waals surface area contributed by atoms with Crippen LogP contribution in [0.2, 0.25) is 0 Å². The summed E-state index contributed by atoms with van der Waals surface area (Å²) in [5.41, 5.74) is 0. The highest BCUT2D eigenvalue weighted by Gasteiger charge is 1.95. The largest absolute Gasteiger partial charge is 0.249 e. The zero-order valence-electron chi connectivity index (χ0n) is 5.42. The standard InChI is InChI=1S/C5H3N6/c1-2-7-5(3-6-1)11-4-8-9-10-11/h2-4H. The second kappa shape index (κ2) is 2.41. The van der Waals surface area contributed by atoms with E-state index < -0.39 is 0 Å². The van der Waals surface area contributed by atoms with Gasteiger partial charge < -0.3 is 0 Å². The van der Waals surface area contributed by atoms with Gasteiger partial charge in [-0.1, -0.05) is 0 Å². The molecule has 0 aliphatic heterocycles. The SMILES string of the molecule is [c]1cnc(-n2cnnn2)cn1. The van der Waals surface area contributed by atoms with E-state index in [9.17, 15) is 0 Å². The van der Waals surface area contributed by atoms with Crippen molar-refractivity contribution in [2.45, 2.75) is 0 Å². The molecule has 1 radical (unpaired) electrons. The van der Waals surface area contributed by atoms with Crippen LogP contribution in [0.4, 0.5) is 0 Å². The van der Waals surface area contributed by atoms with Gasteiger partial charge in [0, 0.05) is 0 Å². The van der Waals surface area contributed by atoms with E-state index >= 15 is 0 Å². The monoisotopic (exact) mass is 147 g/mol. The van der Waals surface area contributed by atoms with E-state index in [4.69, 9.17) is 0 Å². The van der Waals surface area contributed by atoms with Crippen molar-refractivity contribution in [3.63, 3.8) is 0 Å². The van der Waals surface area contributed by atoms with Crippen molar-refractivity contribution in [2.75, 3.05) is 0 Å². The van der Waals surface area contributed by atoms with E-state index in [1.807, 2.05) is 0 Å². The molecule has 2 heterocycles. The zero-order valence-corrected chi connectivity index (χ0v) is 5.42. The Hall–Kier alpha value is -1.85. The van der Waals surface area contributed by atoms with Crippen molar-refractivity contribution in [2.24, 2.45) is 0 Å². The minimum atomic E-state index is 0.578. The Morgan fingerprint density at radius 1 is 1.45 bits per heavy atom. The second-order valence-electron chi connectivity index (χ2n) is 1.76. The molecule has 2 rings (SSSR count). The fourth-order valence-corrected chi connectivity index (χ4v) is 0.641. The zero-order chi connectivity index (χ0) is 7.52. The third kappa shape index (κ3) is 1.05. The predicted octanol–water partition coefficient (Wildman–Crippen LogP) is -0.748. The second-order valence-corrected chi connectivity index (χ2v) is 1.76. The van der Waals surface area contributed by atoms with Gasteiger partial charge in [0.1, 0.15) is 12.5 Å². The van der Waals surface area contributed by atoms with Gasteiger partial charge in [-0.2, -0.15) is 4.68 Å². The molecule has 0 saturated heterocycles. The third-order valence-electron chi connectivity index (χ3n) is 1.09. The van der Waals surface area contributed by atoms with Gasteiger partial charge in [-0.3, -0.25) is 0 Å². The number of nitrogens with zero attached hydrogens (tertiary/aromatic N) is 6. The summed E-state index contributed by atoms with van der Waals surface area (Å²) in [5, 5.41) is 10.5. The maximum atomic E-state index is 3.92. The van der Waals surface area contributed by atoms with Crippen molar-refractivity contribution >= 4 is 0 Å². The van der Waals surface area contributed by atoms with Gasteiger partial charge in [0.25, 0.3) is 0 Å². The van der Waals surface area contributed by atoms with E-state index in [1.165, 1.54) is 23.4 Å². The van der Waals surface area contributed by atoms with Gasteiger partial charge in [0.15, 0.2) is 5.82 Å². The van der Waals surface area contributed by atoms with E-state index in [0.717, 1.165) is 0 Å². The maximum Gasteiger partial charge on any atom is 0.175 e. The molecule has 11 heavy (non-hydrogen) atoms. The first-order valence-electron chi connectivity index (χ1n) is 2.88. The minimum absolute atomic E-state index is 0.578. The van der Waals surface area contributed by atoms with Crippen LogP contribution in [0.3, 0.4) is 0 Å². The molecule has 0 spiro atoms. The fraction of sp³-hybridized carbons (Fsp3) is 0. The van der Waals surface area contributed by atoms with Crippen LogP contribution in [0.5, 0.6) is 0 Å². The summed E-state index contributed by atoms with van der Waals surface area (Å²) >= 11 is 0. The van der Waals surface area contributed by atoms with Gasteiger partial charge in [-0.05, 0) is 10.4 Å². The summed E-state index contributed by atoms with van der Waals surface area (Å²) in [7, 11) is 0. The molecule has 0 unspecified atom stereocenters. The molecular formula is C5H3N6. The van der Waals surface area contributed by atoms with Gasteiger partial charge in [-0.25, -0.2) is 9.97 Å². The Bertz CT molecular complexity index is 314. The Balaban J connectivity index is 2.46. The summed E-state index contributed by atoms with van der Waals surface area (Å²) in [4.78, 5) is 7.66. The van der Waals surface area contributed by atoms with E-state index in [0.29, 0.717) is 5.82 Å². The van der Waals surface area contributed by atoms with E-state index in [-0.39, 0.29) is 0 Å². The van der Waals surface area contributed by atoms with Gasteiger partial charge in [0.05, 0.1) is 12.4 Å². The molecule has 53 valence electrons. The van der Waals surface area contributed by atoms with Crippen LogP contribution >= 0.6 is 0 Å². The lowest BCUT2D eigenvalue weighted by Crippen LogP contribution is -1.98. The van der Waals surface area contributed by atoms with Crippen LogP contribution < -0.4 is 0 Å². The van der Waals surface area contributed by atoms with Crippen molar-refractivity contribution in [1.29, 1.82) is 0 Å². The van der Waals surface area contributed by atoms with Crippen molar-refractivity contribution in [3.8, 4) is 5.82 Å². The van der Waals surface area contributed by atoms with E-state index in [2.05, 4.69) is 31.7 Å². The highest BCUT2D eigenvalue weighted by molar-refractivity contribution is 5.11. The quantitative estimate of drug-likeness (QED) is 0.531. The van der Waals surface area contributed by atoms with Crippen LogP contribution in [0, 0.1) is 6.20 Å². The Labute approximate surface area is 61.9 Å². The van der Waals surface area contributed by atoms with Crippen molar-refractivity contribution in [3.05, 3.63) is 24.9 Å². The normalized spacial score (nSPS) is 9.82. The lowest BCUT2D eigenvalue weighted by atomic mass is 10.7. The highest BCUT2D eigenvalue weighted by Crippen LogP contribution is 1.93. The number of rotatable bonds is 1. The van der Waals surface area contributed by atoms with Crippen molar-refractivity contribution < 1.29 is 0 Å². The summed E-state index contributed by atoms with van der Waals surface area (Å²) in [6.45, 7) is 0. The Kier molecular flexibility index (Phi) is 1.29. The molecule has 2 aromatic heterocycles. The highest BCUT2D eigenvalue weighted by atomic mass is 15.5. The van der Waals surface area contributed by atoms with Crippen LogP contribution in [0.15, 0.2) is 18.7 Å². The topological polar surface area (TPSA) is 69.4 Å². The molecule has 0 aliphatic rings. The molecule has 0 bridgehead atoms. The summed E-state index contributed by atoms with van der Waals surface area (Å²) in [6.07, 6.45) is 6.98. The summed E-state index contributed by atoms with van der Waals surface area (Å²) < 4.78 is 1.42. The van der Waals surface area contributed by atoms with E-state index in [1.54, 1.807) is 0 Å². The smallest absolute Gasteiger partial charge is 0.175 e. The molecule has 0 aliphatic carbocycles. The fourth-order valence-electron chi connectivity index (χ4n) is 0.641. The number of tetrazole rings is 1. The van der Waals surface area contributed by atoms with Gasteiger partial charge in [-0.15, -0.1) is 5.10 Å². The minimum Gasteiger partial charge on any atom is -0.249 e. The summed E-state index contributed by atoms with van der Waals surface area (Å²) in [6, 6.07) is 0. The van der Waals surface area contributed by atoms with Gasteiger partial charge >= 0.3 is 0 Å². The van der Waals surface area contributed by atoms with Crippen LogP contribution in [-0.2, 0) is 0 Å². The first kappa shape index (κ1) is 5.90. The summed E-state index contributed by atoms with van der Waals surface area (Å²) in [5.74, 6) is 0.578. The molecule has 0 N–H and O–H groups in total. The first-order chi connectivity index (χ1) is 5.47. The van der Waals surface area contributed by atoms with Gasteiger partial charge in [0.2, 0.25) is 0 Å². The lowest BCUT2D eigenvalue weighted by Gasteiger charge is -1.92. The molecule has 2 aromatic rings. The molecule has 0 aromatic carbocycles. The third-order valence-corrected chi connectivity index (χ3v) is 1.09. The van der Waals surface area contributed by atoms with Crippen LogP contribution in [0.25, 0.3) is 5.82 Å². The van der Waals surface area contributed by atoms with Crippen LogP contribution in [-0.4, -0.2) is 30.2 Å². The molecular weight excluding hydrogens is 144 g/mol. The molecule has 0 fully saturated rings.